The van der Waals surface area contributed by atoms with Gasteiger partial charge in [0.15, 0.2) is 0 Å². The summed E-state index contributed by atoms with van der Waals surface area (Å²) in [6.45, 7) is 9.56. The topological polar surface area (TPSA) is 67.2 Å². The molecule has 3 rings (SSSR count). The highest BCUT2D eigenvalue weighted by Gasteiger charge is 2.28. The van der Waals surface area contributed by atoms with Gasteiger partial charge in [0.2, 0.25) is 0 Å². The Kier molecular flexibility index (Phi) is 4.89. The summed E-state index contributed by atoms with van der Waals surface area (Å²) in [6.07, 6.45) is 2.26. The molecule has 2 aromatic rings. The van der Waals surface area contributed by atoms with E-state index in [0.717, 1.165) is 17.8 Å². The van der Waals surface area contributed by atoms with Crippen LogP contribution in [0.25, 0.3) is 5.65 Å². The molecule has 7 nitrogen and oxygen atoms in total. The molecular weight excluding hydrogens is 332 g/mol. The Hall–Kier alpha value is -2.57. The van der Waals surface area contributed by atoms with Crippen LogP contribution in [0.4, 0.5) is 4.79 Å². The van der Waals surface area contributed by atoms with Gasteiger partial charge in [0.05, 0.1) is 5.69 Å². The van der Waals surface area contributed by atoms with Crippen molar-refractivity contribution in [2.75, 3.05) is 26.2 Å². The normalized spacial score (nSPS) is 15.8. The third-order valence-corrected chi connectivity index (χ3v) is 4.34. The van der Waals surface area contributed by atoms with Crippen LogP contribution in [0.5, 0.6) is 0 Å². The molecule has 0 spiro atoms. The molecule has 0 saturated carbocycles. The van der Waals surface area contributed by atoms with E-state index in [-0.39, 0.29) is 12.0 Å². The summed E-state index contributed by atoms with van der Waals surface area (Å²) in [6, 6.07) is 5.68. The molecule has 2 aromatic heterocycles. The van der Waals surface area contributed by atoms with Gasteiger partial charge in [-0.05, 0) is 46.2 Å². The number of carbonyl (C=O) groups excluding carboxylic acids is 2. The van der Waals surface area contributed by atoms with Gasteiger partial charge >= 0.3 is 6.09 Å². The first-order valence-corrected chi connectivity index (χ1v) is 8.97. The van der Waals surface area contributed by atoms with Gasteiger partial charge in [-0.15, -0.1) is 0 Å². The number of pyridine rings is 1. The second-order valence-electron chi connectivity index (χ2n) is 7.59. The quantitative estimate of drug-likeness (QED) is 0.786. The first kappa shape index (κ1) is 18.2. The predicted octanol–water partition coefficient (Wildman–Crippen LogP) is 2.73. The van der Waals surface area contributed by atoms with E-state index in [4.69, 9.17) is 4.74 Å². The SMILES string of the molecule is Cc1nc2ccccn2c1C(=O)N1CCCN(C(=O)OC(C)(C)C)CC1. The van der Waals surface area contributed by atoms with Crippen LogP contribution in [0.2, 0.25) is 0 Å². The first-order valence-electron chi connectivity index (χ1n) is 8.97. The molecule has 0 bridgehead atoms. The lowest BCUT2D eigenvalue weighted by molar-refractivity contribution is 0.0255. The molecule has 7 heteroatoms. The summed E-state index contributed by atoms with van der Waals surface area (Å²) in [5, 5.41) is 0. The van der Waals surface area contributed by atoms with E-state index in [1.165, 1.54) is 0 Å². The fourth-order valence-corrected chi connectivity index (χ4v) is 3.15. The molecule has 1 saturated heterocycles. The van der Waals surface area contributed by atoms with Crippen LogP contribution in [0, 0.1) is 6.92 Å². The maximum Gasteiger partial charge on any atom is 0.410 e. The van der Waals surface area contributed by atoms with Crippen LogP contribution >= 0.6 is 0 Å². The lowest BCUT2D eigenvalue weighted by atomic mass is 10.2. The van der Waals surface area contributed by atoms with Gasteiger partial charge in [-0.2, -0.15) is 0 Å². The Labute approximate surface area is 153 Å². The number of hydrogen-bond acceptors (Lipinski definition) is 4. The van der Waals surface area contributed by atoms with Gasteiger partial charge in [-0.25, -0.2) is 9.78 Å². The first-order chi connectivity index (χ1) is 12.3. The number of imidazole rings is 1. The molecule has 1 fully saturated rings. The van der Waals surface area contributed by atoms with Gasteiger partial charge in [-0.1, -0.05) is 6.07 Å². The molecule has 26 heavy (non-hydrogen) atoms. The van der Waals surface area contributed by atoms with Crippen LogP contribution < -0.4 is 0 Å². The Morgan fingerprint density at radius 3 is 2.50 bits per heavy atom. The fourth-order valence-electron chi connectivity index (χ4n) is 3.15. The molecular formula is C19H26N4O3. The molecule has 0 unspecified atom stereocenters. The second kappa shape index (κ2) is 6.97. The van der Waals surface area contributed by atoms with E-state index in [1.807, 2.05) is 56.5 Å². The average Bonchev–Trinajstić information content (AvgIpc) is 2.73. The number of aromatic nitrogens is 2. The molecule has 0 aromatic carbocycles. The maximum atomic E-state index is 13.1. The van der Waals surface area contributed by atoms with E-state index < -0.39 is 5.60 Å². The standard InChI is InChI=1S/C19H26N4O3/c1-14-16(23-11-6-5-8-15(23)20-14)17(24)21-9-7-10-22(13-12-21)18(25)26-19(2,3)4/h5-6,8,11H,7,9-10,12-13H2,1-4H3. The monoisotopic (exact) mass is 358 g/mol. The molecule has 3 heterocycles. The molecule has 140 valence electrons. The number of nitrogens with zero attached hydrogens (tertiary/aromatic N) is 4. The summed E-state index contributed by atoms with van der Waals surface area (Å²) in [7, 11) is 0. The van der Waals surface area contributed by atoms with Crippen molar-refractivity contribution in [1.82, 2.24) is 19.2 Å². The predicted molar refractivity (Wildman–Crippen MR) is 98.3 cm³/mol. The Morgan fingerprint density at radius 1 is 1.08 bits per heavy atom. The minimum Gasteiger partial charge on any atom is -0.444 e. The maximum absolute atomic E-state index is 13.1. The van der Waals surface area contributed by atoms with Gasteiger partial charge in [0, 0.05) is 32.4 Å². The van der Waals surface area contributed by atoms with Gasteiger partial charge in [0.1, 0.15) is 16.9 Å². The average molecular weight is 358 g/mol. The number of fused-ring (bicyclic) bond motifs is 1. The summed E-state index contributed by atoms with van der Waals surface area (Å²) >= 11 is 0. The molecule has 1 aliphatic heterocycles. The van der Waals surface area contributed by atoms with Crippen molar-refractivity contribution in [3.05, 3.63) is 35.8 Å². The summed E-state index contributed by atoms with van der Waals surface area (Å²) in [4.78, 5) is 33.3. The van der Waals surface area contributed by atoms with Crippen LogP contribution in [-0.4, -0.2) is 63.0 Å². The van der Waals surface area contributed by atoms with E-state index in [0.29, 0.717) is 31.9 Å². The fraction of sp³-hybridized carbons (Fsp3) is 0.526. The van der Waals surface area contributed by atoms with Gasteiger partial charge in [-0.3, -0.25) is 9.20 Å². The Morgan fingerprint density at radius 2 is 1.77 bits per heavy atom. The van der Waals surface area contributed by atoms with Crippen LogP contribution in [0.3, 0.4) is 0 Å². The summed E-state index contributed by atoms with van der Waals surface area (Å²) < 4.78 is 7.27. The molecule has 0 radical (unpaired) electrons. The van der Waals surface area contributed by atoms with Crippen molar-refractivity contribution in [2.45, 2.75) is 39.7 Å². The zero-order valence-corrected chi connectivity index (χ0v) is 15.9. The molecule has 0 aliphatic carbocycles. The third kappa shape index (κ3) is 3.81. The van der Waals surface area contributed by atoms with E-state index in [2.05, 4.69) is 4.98 Å². The minimum atomic E-state index is -0.521. The number of carbonyl (C=O) groups is 2. The number of ether oxygens (including phenoxy) is 1. The Balaban J connectivity index is 1.73. The van der Waals surface area contributed by atoms with Gasteiger partial charge in [0.25, 0.3) is 5.91 Å². The van der Waals surface area contributed by atoms with E-state index >= 15 is 0 Å². The van der Waals surface area contributed by atoms with Crippen molar-refractivity contribution in [2.24, 2.45) is 0 Å². The van der Waals surface area contributed by atoms with Crippen LogP contribution in [0.1, 0.15) is 43.4 Å². The highest BCUT2D eigenvalue weighted by atomic mass is 16.6. The van der Waals surface area contributed by atoms with E-state index in [1.54, 1.807) is 9.80 Å². The van der Waals surface area contributed by atoms with Crippen molar-refractivity contribution < 1.29 is 14.3 Å². The largest absolute Gasteiger partial charge is 0.444 e. The van der Waals surface area contributed by atoms with Crippen molar-refractivity contribution in [1.29, 1.82) is 0 Å². The third-order valence-electron chi connectivity index (χ3n) is 4.34. The zero-order chi connectivity index (χ0) is 18.9. The highest BCUT2D eigenvalue weighted by molar-refractivity contribution is 5.94. The number of aryl methyl sites for hydroxylation is 1. The highest BCUT2D eigenvalue weighted by Crippen LogP contribution is 2.17. The van der Waals surface area contributed by atoms with E-state index in [9.17, 15) is 9.59 Å². The molecule has 0 atom stereocenters. The van der Waals surface area contributed by atoms with Gasteiger partial charge < -0.3 is 14.5 Å². The van der Waals surface area contributed by atoms with Crippen LogP contribution in [-0.2, 0) is 4.74 Å². The second-order valence-corrected chi connectivity index (χ2v) is 7.59. The summed E-state index contributed by atoms with van der Waals surface area (Å²) in [5.41, 5.74) is 1.55. The van der Waals surface area contributed by atoms with Crippen LogP contribution in [0.15, 0.2) is 24.4 Å². The number of rotatable bonds is 1. The number of amides is 2. The lowest BCUT2D eigenvalue weighted by Gasteiger charge is -2.26. The lowest BCUT2D eigenvalue weighted by Crippen LogP contribution is -2.40. The molecule has 0 N–H and O–H groups in total. The Bertz CT molecular complexity index is 822. The molecule has 1 aliphatic rings. The molecule has 2 amide bonds. The summed E-state index contributed by atoms with van der Waals surface area (Å²) in [5.74, 6) is -0.0489. The minimum absolute atomic E-state index is 0.0489. The smallest absolute Gasteiger partial charge is 0.410 e. The van der Waals surface area contributed by atoms with Crippen molar-refractivity contribution in [3.63, 3.8) is 0 Å². The number of hydrogen-bond donors (Lipinski definition) is 0. The zero-order valence-electron chi connectivity index (χ0n) is 15.9. The van der Waals surface area contributed by atoms with Crippen molar-refractivity contribution in [3.8, 4) is 0 Å². The van der Waals surface area contributed by atoms with Crippen molar-refractivity contribution >= 4 is 17.6 Å².